The number of carbonyl (C=O) groups is 2. The lowest BCUT2D eigenvalue weighted by Crippen LogP contribution is -1.97. The molecule has 6 heterocycles. The predicted molar refractivity (Wildman–Crippen MR) is 205 cm³/mol. The minimum atomic E-state index is 0.297. The van der Waals surface area contributed by atoms with Gasteiger partial charge in [0.25, 0.3) is 12.9 Å². The number of fused-ring (bicyclic) bond motifs is 2. The molecule has 7 aromatic rings. The molecule has 0 fully saturated rings. The van der Waals surface area contributed by atoms with Crippen molar-refractivity contribution in [2.75, 3.05) is 0 Å². The molecule has 7 rings (SSSR count). The molecular weight excluding hydrogens is 683 g/mol. The fourth-order valence-electron chi connectivity index (χ4n) is 6.31. The number of hydrogen-bond acceptors (Lipinski definition) is 10. The molecule has 7 nitrogen and oxygen atoms in total. The predicted octanol–water partition coefficient (Wildman–Crippen LogP) is 11.2. The van der Waals surface area contributed by atoms with Crippen LogP contribution in [-0.4, -0.2) is 27.9 Å². The molecule has 0 bridgehead atoms. The lowest BCUT2D eigenvalue weighted by atomic mass is 9.95. The summed E-state index contributed by atoms with van der Waals surface area (Å²) < 4.78 is 13.1. The molecule has 6 aromatic heterocycles. The molecule has 0 saturated heterocycles. The number of carbonyl (C=O) groups excluding carboxylic acids is 2. The van der Waals surface area contributed by atoms with Gasteiger partial charge in [-0.3, -0.25) is 19.6 Å². The van der Waals surface area contributed by atoms with E-state index in [4.69, 9.17) is 14.5 Å². The van der Waals surface area contributed by atoms with Crippen molar-refractivity contribution in [2.24, 2.45) is 0 Å². The molecule has 0 aliphatic rings. The third kappa shape index (κ3) is 6.96. The van der Waals surface area contributed by atoms with Crippen molar-refractivity contribution in [1.82, 2.24) is 15.0 Å². The van der Waals surface area contributed by atoms with Crippen LogP contribution < -0.4 is 9.47 Å². The van der Waals surface area contributed by atoms with E-state index < -0.39 is 0 Å². The maximum Gasteiger partial charge on any atom is 0.298 e. The van der Waals surface area contributed by atoms with E-state index in [-0.39, 0.29) is 0 Å². The number of nitrogens with zero attached hydrogens (tertiary/aromatic N) is 3. The smallest absolute Gasteiger partial charge is 0.298 e. The van der Waals surface area contributed by atoms with E-state index in [0.717, 1.165) is 23.3 Å². The van der Waals surface area contributed by atoms with E-state index in [1.165, 1.54) is 79.4 Å². The minimum absolute atomic E-state index is 0.297. The second kappa shape index (κ2) is 15.4. The zero-order valence-corrected chi connectivity index (χ0v) is 30.3. The van der Waals surface area contributed by atoms with Crippen LogP contribution >= 0.6 is 34.0 Å². The average Bonchev–Trinajstić information content (AvgIpc) is 3.92. The summed E-state index contributed by atoms with van der Waals surface area (Å²) in [7, 11) is 0. The third-order valence-corrected chi connectivity index (χ3v) is 12.2. The summed E-state index contributed by atoms with van der Waals surface area (Å²) in [6.07, 6.45) is 11.6. The number of benzene rings is 1. The molecule has 0 aliphatic carbocycles. The van der Waals surface area contributed by atoms with Gasteiger partial charge in [-0.05, 0) is 101 Å². The number of thiophene rings is 3. The number of hydrogen-bond donors (Lipinski definition) is 0. The van der Waals surface area contributed by atoms with Gasteiger partial charge in [-0.15, -0.1) is 34.0 Å². The zero-order chi connectivity index (χ0) is 34.5. The standard InChI is InChI=1S/C40H35N3O4S3/c1-3-5-7-9-30-39-29(14-17-48-39)28(8-6-4-2)31-22-38(50-40(30)31)37-11-10-36(49-37)25-12-15-41-32(18-25)34-20-27(47-24-45)21-35(43-34)33-19-26(46-23-44)13-16-42-33/h10-24H,3-9H2,1-2H3. The third-order valence-electron chi connectivity index (χ3n) is 8.72. The van der Waals surface area contributed by atoms with Gasteiger partial charge in [0, 0.05) is 54.6 Å². The lowest BCUT2D eigenvalue weighted by molar-refractivity contribution is -0.121. The van der Waals surface area contributed by atoms with Gasteiger partial charge in [-0.1, -0.05) is 33.1 Å². The highest BCUT2D eigenvalue weighted by Crippen LogP contribution is 2.46. The first-order valence-electron chi connectivity index (χ1n) is 16.8. The molecule has 0 atom stereocenters. The van der Waals surface area contributed by atoms with Gasteiger partial charge in [0.15, 0.2) is 0 Å². The van der Waals surface area contributed by atoms with Gasteiger partial charge in [0.1, 0.15) is 11.5 Å². The largest absolute Gasteiger partial charge is 0.429 e. The van der Waals surface area contributed by atoms with Crippen LogP contribution in [0.4, 0.5) is 0 Å². The van der Waals surface area contributed by atoms with Gasteiger partial charge in [-0.25, -0.2) is 4.98 Å². The van der Waals surface area contributed by atoms with Crippen LogP contribution in [0.25, 0.3) is 63.1 Å². The quantitative estimate of drug-likeness (QED) is 0.0770. The summed E-state index contributed by atoms with van der Waals surface area (Å²) in [4.78, 5) is 39.6. The molecule has 0 amide bonds. The van der Waals surface area contributed by atoms with Crippen LogP contribution in [0.3, 0.4) is 0 Å². The van der Waals surface area contributed by atoms with Crippen molar-refractivity contribution in [3.05, 3.63) is 89.6 Å². The average molecular weight is 718 g/mol. The second-order valence-electron chi connectivity index (χ2n) is 12.0. The number of rotatable bonds is 15. The molecule has 0 aliphatic heterocycles. The topological polar surface area (TPSA) is 91.3 Å². The number of pyridine rings is 3. The van der Waals surface area contributed by atoms with E-state index in [2.05, 4.69) is 53.5 Å². The van der Waals surface area contributed by atoms with Gasteiger partial charge in [-0.2, -0.15) is 0 Å². The summed E-state index contributed by atoms with van der Waals surface area (Å²) in [6, 6.07) is 19.6. The summed E-state index contributed by atoms with van der Waals surface area (Å²) in [6.45, 7) is 5.27. The molecule has 252 valence electrons. The Bertz CT molecular complexity index is 2300. The van der Waals surface area contributed by atoms with Gasteiger partial charge in [0.2, 0.25) is 0 Å². The molecule has 50 heavy (non-hydrogen) atoms. The summed E-state index contributed by atoms with van der Waals surface area (Å²) in [5, 5.41) is 5.14. The van der Waals surface area contributed by atoms with Crippen molar-refractivity contribution in [1.29, 1.82) is 0 Å². The van der Waals surface area contributed by atoms with Gasteiger partial charge in [0.05, 0.1) is 22.8 Å². The van der Waals surface area contributed by atoms with E-state index in [1.807, 2.05) is 34.8 Å². The number of aryl methyl sites for hydroxylation is 2. The molecule has 0 unspecified atom stereocenters. The molecule has 0 spiro atoms. The Morgan fingerprint density at radius 1 is 0.620 bits per heavy atom. The van der Waals surface area contributed by atoms with Crippen LogP contribution in [0.5, 0.6) is 11.5 Å². The van der Waals surface area contributed by atoms with Crippen LogP contribution in [0.15, 0.2) is 78.4 Å². The van der Waals surface area contributed by atoms with Crippen molar-refractivity contribution in [2.45, 2.75) is 58.8 Å². The summed E-state index contributed by atoms with van der Waals surface area (Å²) in [5.41, 5.74) is 6.07. The first kappa shape index (κ1) is 33.7. The first-order valence-corrected chi connectivity index (χ1v) is 19.3. The lowest BCUT2D eigenvalue weighted by Gasteiger charge is -2.11. The Morgan fingerprint density at radius 3 is 2.10 bits per heavy atom. The van der Waals surface area contributed by atoms with Crippen LogP contribution in [0, 0.1) is 0 Å². The zero-order valence-electron chi connectivity index (χ0n) is 27.8. The van der Waals surface area contributed by atoms with E-state index in [9.17, 15) is 9.59 Å². The molecule has 0 saturated carbocycles. The van der Waals surface area contributed by atoms with Crippen molar-refractivity contribution < 1.29 is 19.1 Å². The van der Waals surface area contributed by atoms with E-state index >= 15 is 0 Å². The molecule has 0 radical (unpaired) electrons. The Morgan fingerprint density at radius 2 is 1.32 bits per heavy atom. The molecule has 1 aromatic carbocycles. The Kier molecular flexibility index (Phi) is 10.4. The SMILES string of the molecule is CCCCCc1c2sccc2c(CCCC)c2cc(-c3ccc(-c4ccnc(-c5cc(OC=O)cc(-c6cc(OC=O)ccn6)n5)c4)s3)sc12. The highest BCUT2D eigenvalue weighted by molar-refractivity contribution is 7.27. The van der Waals surface area contributed by atoms with Crippen molar-refractivity contribution in [3.63, 3.8) is 0 Å². The Balaban J connectivity index is 1.25. The Hall–Kier alpha value is -4.77. The van der Waals surface area contributed by atoms with Gasteiger partial charge < -0.3 is 9.47 Å². The van der Waals surface area contributed by atoms with Crippen molar-refractivity contribution >= 4 is 67.1 Å². The maximum atomic E-state index is 11.3. The fraction of sp³-hybridized carbons (Fsp3) is 0.225. The molecular formula is C40H35N3O4S3. The van der Waals surface area contributed by atoms with Gasteiger partial charge >= 0.3 is 0 Å². The van der Waals surface area contributed by atoms with E-state index in [1.54, 1.807) is 41.8 Å². The Labute approximate surface area is 302 Å². The van der Waals surface area contributed by atoms with Crippen LogP contribution in [-0.2, 0) is 22.4 Å². The number of unbranched alkanes of at least 4 members (excludes halogenated alkanes) is 3. The van der Waals surface area contributed by atoms with E-state index in [0.29, 0.717) is 47.2 Å². The number of ether oxygens (including phenoxy) is 2. The fourth-order valence-corrected chi connectivity index (χ4v) is 9.73. The summed E-state index contributed by atoms with van der Waals surface area (Å²) in [5.74, 6) is 0.623. The second-order valence-corrected chi connectivity index (χ2v) is 15.1. The molecule has 10 heteroatoms. The monoisotopic (exact) mass is 717 g/mol. The normalized spacial score (nSPS) is 11.3. The highest BCUT2D eigenvalue weighted by atomic mass is 32.1. The summed E-state index contributed by atoms with van der Waals surface area (Å²) >= 11 is 5.61. The number of aromatic nitrogens is 3. The highest BCUT2D eigenvalue weighted by Gasteiger charge is 2.19. The minimum Gasteiger partial charge on any atom is -0.429 e. The molecule has 0 N–H and O–H groups in total. The van der Waals surface area contributed by atoms with Crippen LogP contribution in [0.2, 0.25) is 0 Å². The van der Waals surface area contributed by atoms with Crippen molar-refractivity contribution in [3.8, 4) is 54.5 Å². The van der Waals surface area contributed by atoms with Crippen LogP contribution in [0.1, 0.15) is 57.1 Å². The maximum absolute atomic E-state index is 11.3. The first-order chi connectivity index (χ1) is 24.6.